The molecule has 1 aliphatic rings. The molecule has 3 aromatic rings. The fourth-order valence-corrected chi connectivity index (χ4v) is 3.55. The van der Waals surface area contributed by atoms with Gasteiger partial charge in [0.15, 0.2) is 5.69 Å². The molecule has 2 N–H and O–H groups in total. The Balaban J connectivity index is 1.28. The zero-order valence-electron chi connectivity index (χ0n) is 16.0. The second-order valence-corrected chi connectivity index (χ2v) is 7.23. The number of carbonyl (C=O) groups excluding carboxylic acids is 1. The van der Waals surface area contributed by atoms with Gasteiger partial charge in [-0.25, -0.2) is 4.98 Å². The number of hydrogen-bond acceptors (Lipinski definition) is 7. The highest BCUT2D eigenvalue weighted by Gasteiger charge is 2.25. The number of aryl methyl sites for hydroxylation is 1. The lowest BCUT2D eigenvalue weighted by atomic mass is 10.1. The van der Waals surface area contributed by atoms with E-state index in [1.807, 2.05) is 12.1 Å². The monoisotopic (exact) mass is 394 g/mol. The van der Waals surface area contributed by atoms with E-state index in [0.29, 0.717) is 35.6 Å². The highest BCUT2D eigenvalue weighted by Crippen LogP contribution is 2.27. The third kappa shape index (κ3) is 4.50. The largest absolute Gasteiger partial charge is 0.367 e. The van der Waals surface area contributed by atoms with Gasteiger partial charge in [0.2, 0.25) is 0 Å². The van der Waals surface area contributed by atoms with Gasteiger partial charge in [-0.05, 0) is 50.3 Å². The molecule has 0 aromatic carbocycles. The van der Waals surface area contributed by atoms with E-state index in [4.69, 9.17) is 4.52 Å². The van der Waals surface area contributed by atoms with Gasteiger partial charge in [0.05, 0.1) is 11.9 Å². The molecule has 0 saturated heterocycles. The first-order valence-electron chi connectivity index (χ1n) is 9.57. The fourth-order valence-electron chi connectivity index (χ4n) is 3.55. The third-order valence-corrected chi connectivity index (χ3v) is 5.01. The molecule has 0 bridgehead atoms. The molecule has 3 aromatic heterocycles. The lowest BCUT2D eigenvalue weighted by Gasteiger charge is -2.14. The van der Waals surface area contributed by atoms with Crippen molar-refractivity contribution in [1.29, 1.82) is 0 Å². The molecule has 2 atom stereocenters. The summed E-state index contributed by atoms with van der Waals surface area (Å²) in [5, 5.41) is 14.1. The topological polar surface area (TPSA) is 115 Å². The van der Waals surface area contributed by atoms with Crippen LogP contribution in [0.25, 0.3) is 5.69 Å². The predicted octanol–water partition coefficient (Wildman–Crippen LogP) is 1.93. The lowest BCUT2D eigenvalue weighted by molar-refractivity contribution is 0.0938. The van der Waals surface area contributed by atoms with Crippen molar-refractivity contribution in [3.8, 4) is 5.69 Å². The van der Waals surface area contributed by atoms with Gasteiger partial charge in [0.1, 0.15) is 11.6 Å². The summed E-state index contributed by atoms with van der Waals surface area (Å²) in [5.41, 5.74) is 0.735. The number of carbonyl (C=O) groups is 1. The van der Waals surface area contributed by atoms with Gasteiger partial charge in [0, 0.05) is 30.9 Å². The van der Waals surface area contributed by atoms with Crippen LogP contribution in [0.3, 0.4) is 0 Å². The van der Waals surface area contributed by atoms with Crippen LogP contribution in [0.4, 0.5) is 5.82 Å². The zero-order chi connectivity index (χ0) is 20.2. The molecule has 3 heterocycles. The third-order valence-electron chi connectivity index (χ3n) is 5.01. The maximum Gasteiger partial charge on any atom is 0.273 e. The molecule has 9 nitrogen and oxygen atoms in total. The quantitative estimate of drug-likeness (QED) is 0.656. The minimum atomic E-state index is -0.208. The molecule has 9 heteroatoms. The molecular formula is C20H22N6O3. The van der Waals surface area contributed by atoms with Crippen LogP contribution in [0.1, 0.15) is 35.5 Å². The summed E-state index contributed by atoms with van der Waals surface area (Å²) in [4.78, 5) is 28.3. The molecular weight excluding hydrogens is 372 g/mol. The molecule has 1 aliphatic carbocycles. The number of pyridine rings is 1. The van der Waals surface area contributed by atoms with Crippen molar-refractivity contribution in [3.63, 3.8) is 0 Å². The summed E-state index contributed by atoms with van der Waals surface area (Å²) in [6.45, 7) is 2.37. The fraction of sp³-hybridized carbons (Fsp3) is 0.350. The average molecular weight is 394 g/mol. The summed E-state index contributed by atoms with van der Waals surface area (Å²) in [6, 6.07) is 8.65. The average Bonchev–Trinajstić information content (AvgIpc) is 3.36. The van der Waals surface area contributed by atoms with Crippen LogP contribution in [0, 0.1) is 12.8 Å². The number of aromatic nitrogens is 4. The number of nitrogens with zero attached hydrogens (tertiary/aromatic N) is 4. The van der Waals surface area contributed by atoms with Crippen molar-refractivity contribution in [2.75, 3.05) is 11.9 Å². The Labute approximate surface area is 167 Å². The Bertz CT molecular complexity index is 1040. The van der Waals surface area contributed by atoms with Crippen molar-refractivity contribution in [2.45, 2.75) is 32.2 Å². The van der Waals surface area contributed by atoms with Crippen LogP contribution in [0.2, 0.25) is 0 Å². The Morgan fingerprint density at radius 1 is 1.31 bits per heavy atom. The van der Waals surface area contributed by atoms with Gasteiger partial charge in [0.25, 0.3) is 11.5 Å². The molecule has 0 unspecified atom stereocenters. The predicted molar refractivity (Wildman–Crippen MR) is 106 cm³/mol. The van der Waals surface area contributed by atoms with E-state index in [2.05, 4.69) is 25.9 Å². The molecule has 1 saturated carbocycles. The van der Waals surface area contributed by atoms with Gasteiger partial charge in [-0.3, -0.25) is 9.59 Å². The maximum absolute atomic E-state index is 12.1. The van der Waals surface area contributed by atoms with Gasteiger partial charge in [-0.1, -0.05) is 5.16 Å². The van der Waals surface area contributed by atoms with Crippen LogP contribution >= 0.6 is 0 Å². The van der Waals surface area contributed by atoms with E-state index in [9.17, 15) is 9.59 Å². The maximum atomic E-state index is 12.1. The molecule has 0 radical (unpaired) electrons. The molecule has 4 rings (SSSR count). The number of amides is 1. The Hall–Kier alpha value is -3.49. The van der Waals surface area contributed by atoms with Crippen LogP contribution in [0.15, 0.2) is 52.0 Å². The summed E-state index contributed by atoms with van der Waals surface area (Å²) in [6.07, 6.45) is 6.17. The summed E-state index contributed by atoms with van der Waals surface area (Å²) in [5.74, 6) is 1.56. The highest BCUT2D eigenvalue weighted by molar-refractivity contribution is 5.92. The van der Waals surface area contributed by atoms with Gasteiger partial charge < -0.3 is 15.2 Å². The first kappa shape index (κ1) is 18.9. The van der Waals surface area contributed by atoms with Crippen molar-refractivity contribution in [2.24, 2.45) is 5.92 Å². The van der Waals surface area contributed by atoms with E-state index in [1.165, 1.54) is 10.7 Å². The first-order chi connectivity index (χ1) is 14.1. The minimum absolute atomic E-state index is 0.198. The Morgan fingerprint density at radius 2 is 2.21 bits per heavy atom. The Morgan fingerprint density at radius 3 is 2.93 bits per heavy atom. The van der Waals surface area contributed by atoms with Crippen LogP contribution in [0.5, 0.6) is 0 Å². The zero-order valence-corrected chi connectivity index (χ0v) is 16.0. The minimum Gasteiger partial charge on any atom is -0.367 e. The molecule has 0 spiro atoms. The highest BCUT2D eigenvalue weighted by atomic mass is 16.5. The first-order valence-corrected chi connectivity index (χ1v) is 9.57. The molecule has 150 valence electrons. The van der Waals surface area contributed by atoms with Gasteiger partial charge in [-0.15, -0.1) is 0 Å². The van der Waals surface area contributed by atoms with E-state index in [0.717, 1.165) is 25.1 Å². The van der Waals surface area contributed by atoms with Crippen LogP contribution in [-0.4, -0.2) is 38.4 Å². The Kier molecular flexibility index (Phi) is 5.37. The molecule has 0 aliphatic heterocycles. The smallest absolute Gasteiger partial charge is 0.273 e. The van der Waals surface area contributed by atoms with Crippen molar-refractivity contribution in [3.05, 3.63) is 64.5 Å². The van der Waals surface area contributed by atoms with E-state index in [1.54, 1.807) is 31.5 Å². The molecule has 1 amide bonds. The van der Waals surface area contributed by atoms with Crippen molar-refractivity contribution < 1.29 is 9.32 Å². The summed E-state index contributed by atoms with van der Waals surface area (Å²) < 4.78 is 6.24. The lowest BCUT2D eigenvalue weighted by Crippen LogP contribution is -2.29. The summed E-state index contributed by atoms with van der Waals surface area (Å²) in [7, 11) is 0. The van der Waals surface area contributed by atoms with Gasteiger partial charge in [-0.2, -0.15) is 9.78 Å². The van der Waals surface area contributed by atoms with E-state index >= 15 is 0 Å². The molecule has 1 fully saturated rings. The number of nitrogens with one attached hydrogen (secondary N) is 2. The van der Waals surface area contributed by atoms with E-state index < -0.39 is 0 Å². The number of hydrogen-bond donors (Lipinski definition) is 2. The number of anilines is 1. The summed E-state index contributed by atoms with van der Waals surface area (Å²) >= 11 is 0. The van der Waals surface area contributed by atoms with Gasteiger partial charge >= 0.3 is 0 Å². The SMILES string of the molecule is Cc1cc(C(=O)NC[C@H]2CC[C@@H](Nc3ccc(-n4ncccc4=O)cn3)C2)no1. The van der Waals surface area contributed by atoms with Crippen molar-refractivity contribution >= 4 is 11.7 Å². The van der Waals surface area contributed by atoms with Crippen molar-refractivity contribution in [1.82, 2.24) is 25.2 Å². The van der Waals surface area contributed by atoms with E-state index in [-0.39, 0.29) is 11.5 Å². The van der Waals surface area contributed by atoms with Crippen LogP contribution < -0.4 is 16.2 Å². The van der Waals surface area contributed by atoms with Crippen LogP contribution in [-0.2, 0) is 0 Å². The second-order valence-electron chi connectivity index (χ2n) is 7.23. The molecule has 29 heavy (non-hydrogen) atoms. The second kappa shape index (κ2) is 8.26. The normalized spacial score (nSPS) is 18.5. The standard InChI is InChI=1S/C20H22N6O3/c1-13-9-17(25-29-13)20(28)22-11-14-4-5-15(10-14)24-18-7-6-16(12-21-18)26-19(27)3-2-8-23-26/h2-3,6-9,12,14-15H,4-5,10-11H2,1H3,(H,21,24)(H,22,28)/t14-,15+/m0/s1. The number of rotatable bonds is 6.